The minimum absolute atomic E-state index is 0.162. The van der Waals surface area contributed by atoms with Crippen LogP contribution in [0.15, 0.2) is 52.7 Å². The van der Waals surface area contributed by atoms with Gasteiger partial charge in [0.25, 0.3) is 0 Å². The van der Waals surface area contributed by atoms with E-state index in [0.717, 1.165) is 16.3 Å². The molecule has 4 rings (SSSR count). The first-order valence-electron chi connectivity index (χ1n) is 8.92. The van der Waals surface area contributed by atoms with Crippen LogP contribution in [0.2, 0.25) is 0 Å². The highest BCUT2D eigenvalue weighted by Crippen LogP contribution is 2.32. The highest BCUT2D eigenvalue weighted by Gasteiger charge is 2.19. The molecule has 1 aliphatic heterocycles. The maximum atomic E-state index is 12.5. The summed E-state index contributed by atoms with van der Waals surface area (Å²) in [5.41, 5.74) is 3.14. The number of hydrogen-bond acceptors (Lipinski definition) is 6. The lowest BCUT2D eigenvalue weighted by molar-refractivity contribution is 0.171. The number of fused-ring (bicyclic) bond motifs is 1. The molecule has 0 bridgehead atoms. The standard InChI is InChI=1S/C20H20N2O4S2/c1-14-2-4-15(5-3-14)20-22-16(13-27-20)8-9-21-28(23,24)17-6-7-18-19(12-17)26-11-10-25-18/h2-7,12-13,21H,8-11H2,1H3. The van der Waals surface area contributed by atoms with Crippen molar-refractivity contribution in [3.05, 3.63) is 59.1 Å². The third-order valence-corrected chi connectivity index (χ3v) is 6.75. The third kappa shape index (κ3) is 4.19. The molecule has 1 N–H and O–H groups in total. The SMILES string of the molecule is Cc1ccc(-c2nc(CCNS(=O)(=O)c3ccc4c(c3)OCCO4)cs2)cc1. The van der Waals surface area contributed by atoms with Crippen LogP contribution in [0.3, 0.4) is 0 Å². The molecule has 2 heterocycles. The van der Waals surface area contributed by atoms with E-state index in [-0.39, 0.29) is 11.4 Å². The Morgan fingerprint density at radius 2 is 1.82 bits per heavy atom. The van der Waals surface area contributed by atoms with Crippen molar-refractivity contribution in [2.45, 2.75) is 18.2 Å². The van der Waals surface area contributed by atoms with Crippen LogP contribution in [-0.4, -0.2) is 33.2 Å². The molecule has 0 radical (unpaired) electrons. The first-order chi connectivity index (χ1) is 13.5. The molecule has 146 valence electrons. The summed E-state index contributed by atoms with van der Waals surface area (Å²) in [7, 11) is -3.62. The molecule has 1 aliphatic rings. The molecule has 0 unspecified atom stereocenters. The summed E-state index contributed by atoms with van der Waals surface area (Å²) in [5.74, 6) is 1.02. The van der Waals surface area contributed by atoms with E-state index in [1.54, 1.807) is 17.4 Å². The summed E-state index contributed by atoms with van der Waals surface area (Å²) in [6, 6.07) is 12.8. The average Bonchev–Trinajstić information content (AvgIpc) is 3.17. The highest BCUT2D eigenvalue weighted by molar-refractivity contribution is 7.89. The molecular weight excluding hydrogens is 396 g/mol. The number of nitrogens with zero attached hydrogens (tertiary/aromatic N) is 1. The molecule has 0 aliphatic carbocycles. The number of rotatable bonds is 6. The Kier molecular flexibility index (Phi) is 5.34. The van der Waals surface area contributed by atoms with Gasteiger partial charge in [-0.25, -0.2) is 18.1 Å². The minimum atomic E-state index is -3.62. The van der Waals surface area contributed by atoms with E-state index >= 15 is 0 Å². The van der Waals surface area contributed by atoms with Crippen molar-refractivity contribution in [1.82, 2.24) is 9.71 Å². The van der Waals surface area contributed by atoms with Gasteiger partial charge in [-0.1, -0.05) is 29.8 Å². The van der Waals surface area contributed by atoms with Crippen LogP contribution in [0.25, 0.3) is 10.6 Å². The highest BCUT2D eigenvalue weighted by atomic mass is 32.2. The fraction of sp³-hybridized carbons (Fsp3) is 0.250. The van der Waals surface area contributed by atoms with E-state index < -0.39 is 10.0 Å². The van der Waals surface area contributed by atoms with Gasteiger partial charge in [-0.3, -0.25) is 0 Å². The summed E-state index contributed by atoms with van der Waals surface area (Å²) >= 11 is 1.56. The molecule has 0 amide bonds. The number of nitrogens with one attached hydrogen (secondary N) is 1. The smallest absolute Gasteiger partial charge is 0.240 e. The summed E-state index contributed by atoms with van der Waals surface area (Å²) in [5, 5.41) is 2.90. The molecule has 0 saturated carbocycles. The number of aromatic nitrogens is 1. The van der Waals surface area contributed by atoms with Crippen LogP contribution in [0.5, 0.6) is 11.5 Å². The van der Waals surface area contributed by atoms with Crippen molar-refractivity contribution in [1.29, 1.82) is 0 Å². The largest absolute Gasteiger partial charge is 0.486 e. The van der Waals surface area contributed by atoms with Gasteiger partial charge < -0.3 is 9.47 Å². The number of aryl methyl sites for hydroxylation is 1. The lowest BCUT2D eigenvalue weighted by atomic mass is 10.2. The second kappa shape index (κ2) is 7.90. The van der Waals surface area contributed by atoms with Gasteiger partial charge in [0.2, 0.25) is 10.0 Å². The Balaban J connectivity index is 1.39. The van der Waals surface area contributed by atoms with Gasteiger partial charge in [-0.2, -0.15) is 0 Å². The fourth-order valence-electron chi connectivity index (χ4n) is 2.84. The molecule has 3 aromatic rings. The van der Waals surface area contributed by atoms with Gasteiger partial charge in [0.05, 0.1) is 10.6 Å². The quantitative estimate of drug-likeness (QED) is 0.666. The van der Waals surface area contributed by atoms with E-state index in [2.05, 4.69) is 21.8 Å². The van der Waals surface area contributed by atoms with Crippen LogP contribution in [-0.2, 0) is 16.4 Å². The van der Waals surface area contributed by atoms with Gasteiger partial charge in [0.1, 0.15) is 18.2 Å². The average molecular weight is 417 g/mol. The molecule has 0 atom stereocenters. The maximum absolute atomic E-state index is 12.5. The fourth-order valence-corrected chi connectivity index (χ4v) is 4.75. The van der Waals surface area contributed by atoms with Crippen LogP contribution in [0.1, 0.15) is 11.3 Å². The van der Waals surface area contributed by atoms with Crippen LogP contribution >= 0.6 is 11.3 Å². The third-order valence-electron chi connectivity index (χ3n) is 4.35. The molecular formula is C20H20N2O4S2. The molecule has 2 aromatic carbocycles. The van der Waals surface area contributed by atoms with Crippen molar-refractivity contribution >= 4 is 21.4 Å². The number of sulfonamides is 1. The van der Waals surface area contributed by atoms with Crippen molar-refractivity contribution in [3.63, 3.8) is 0 Å². The summed E-state index contributed by atoms with van der Waals surface area (Å²) < 4.78 is 38.6. The zero-order valence-electron chi connectivity index (χ0n) is 15.3. The number of thiazole rings is 1. The van der Waals surface area contributed by atoms with Gasteiger partial charge in [0.15, 0.2) is 11.5 Å². The Bertz CT molecular complexity index is 1080. The van der Waals surface area contributed by atoms with Gasteiger partial charge in [-0.15, -0.1) is 11.3 Å². The van der Waals surface area contributed by atoms with Gasteiger partial charge >= 0.3 is 0 Å². The van der Waals surface area contributed by atoms with Crippen LogP contribution < -0.4 is 14.2 Å². The lowest BCUT2D eigenvalue weighted by Crippen LogP contribution is -2.26. The summed E-state index contributed by atoms with van der Waals surface area (Å²) in [4.78, 5) is 4.77. The second-order valence-corrected chi connectivity index (χ2v) is 9.09. The predicted octanol–water partition coefficient (Wildman–Crippen LogP) is 3.41. The number of ether oxygens (including phenoxy) is 2. The van der Waals surface area contributed by atoms with E-state index in [9.17, 15) is 8.42 Å². The Labute approximate surface area is 168 Å². The van der Waals surface area contributed by atoms with E-state index in [1.807, 2.05) is 24.4 Å². The van der Waals surface area contributed by atoms with Gasteiger partial charge in [-0.05, 0) is 19.1 Å². The van der Waals surface area contributed by atoms with Crippen molar-refractivity contribution in [2.75, 3.05) is 19.8 Å². The summed E-state index contributed by atoms with van der Waals surface area (Å²) in [6.07, 6.45) is 0.520. The van der Waals surface area contributed by atoms with Crippen molar-refractivity contribution in [2.24, 2.45) is 0 Å². The topological polar surface area (TPSA) is 77.5 Å². The molecule has 8 heteroatoms. The zero-order valence-corrected chi connectivity index (χ0v) is 17.0. The van der Waals surface area contributed by atoms with Crippen LogP contribution in [0, 0.1) is 6.92 Å². The van der Waals surface area contributed by atoms with E-state index in [0.29, 0.717) is 31.1 Å². The molecule has 6 nitrogen and oxygen atoms in total. The van der Waals surface area contributed by atoms with Crippen molar-refractivity contribution < 1.29 is 17.9 Å². The first-order valence-corrected chi connectivity index (χ1v) is 11.3. The monoisotopic (exact) mass is 416 g/mol. The van der Waals surface area contributed by atoms with E-state index in [1.165, 1.54) is 17.7 Å². The number of benzene rings is 2. The number of hydrogen-bond donors (Lipinski definition) is 1. The predicted molar refractivity (Wildman–Crippen MR) is 109 cm³/mol. The lowest BCUT2D eigenvalue weighted by Gasteiger charge is -2.18. The summed E-state index contributed by atoms with van der Waals surface area (Å²) in [6.45, 7) is 3.20. The van der Waals surface area contributed by atoms with Crippen molar-refractivity contribution in [3.8, 4) is 22.1 Å². The van der Waals surface area contributed by atoms with Gasteiger partial charge in [0, 0.05) is 30.0 Å². The second-order valence-electron chi connectivity index (χ2n) is 6.46. The van der Waals surface area contributed by atoms with E-state index in [4.69, 9.17) is 9.47 Å². The maximum Gasteiger partial charge on any atom is 0.240 e. The first kappa shape index (κ1) is 18.9. The molecule has 0 spiro atoms. The molecule has 0 fully saturated rings. The zero-order chi connectivity index (χ0) is 19.6. The Morgan fingerprint density at radius 1 is 1.07 bits per heavy atom. The Morgan fingerprint density at radius 3 is 2.61 bits per heavy atom. The minimum Gasteiger partial charge on any atom is -0.486 e. The normalized spacial score (nSPS) is 13.5. The molecule has 1 aromatic heterocycles. The Hall–Kier alpha value is -2.42. The van der Waals surface area contributed by atoms with Crippen LogP contribution in [0.4, 0.5) is 0 Å². The molecule has 0 saturated heterocycles. The molecule has 28 heavy (non-hydrogen) atoms.